The highest BCUT2D eigenvalue weighted by Gasteiger charge is 2.12. The highest BCUT2D eigenvalue weighted by Crippen LogP contribution is 2.17. The maximum Gasteiger partial charge on any atom is 0.261 e. The second kappa shape index (κ2) is 5.22. The molecule has 1 amide bonds. The number of hydrogen-bond donors (Lipinski definition) is 1. The zero-order valence-corrected chi connectivity index (χ0v) is 11.0. The summed E-state index contributed by atoms with van der Waals surface area (Å²) in [5.74, 6) is -1.01. The number of anilines is 1. The van der Waals surface area contributed by atoms with Gasteiger partial charge in [-0.15, -0.1) is 0 Å². The normalized spacial score (nSPS) is 10.2. The van der Waals surface area contributed by atoms with E-state index >= 15 is 0 Å². The van der Waals surface area contributed by atoms with Crippen molar-refractivity contribution in [2.75, 3.05) is 5.32 Å². The van der Waals surface area contributed by atoms with Crippen molar-refractivity contribution in [3.05, 3.63) is 52.1 Å². The number of carbonyl (C=O) groups excluding carboxylic acids is 1. The average Bonchev–Trinajstić information content (AvgIpc) is 2.34. The Morgan fingerprint density at radius 1 is 1.44 bits per heavy atom. The summed E-state index contributed by atoms with van der Waals surface area (Å²) in [6.07, 6.45) is 2.86. The number of amides is 1. The fraction of sp³-hybridized carbons (Fsp3) is 0.0833. The van der Waals surface area contributed by atoms with Crippen LogP contribution in [0.2, 0.25) is 0 Å². The highest BCUT2D eigenvalue weighted by atomic mass is 79.9. The summed E-state index contributed by atoms with van der Waals surface area (Å²) in [5.41, 5.74) is 0.812. The van der Waals surface area contributed by atoms with Gasteiger partial charge in [0.25, 0.3) is 5.91 Å². The van der Waals surface area contributed by atoms with Crippen LogP contribution in [0, 0.1) is 12.9 Å². The number of halogens is 2. The lowest BCUT2D eigenvalue weighted by atomic mass is 10.2. The van der Waals surface area contributed by atoms with E-state index in [0.717, 1.165) is 10.0 Å². The molecule has 92 valence electrons. The zero-order chi connectivity index (χ0) is 13.1. The molecule has 2 rings (SSSR count). The van der Waals surface area contributed by atoms with Gasteiger partial charge in [0.2, 0.25) is 5.95 Å². The standard InChI is InChI=1S/C12H9BrFN3O/c1-7-5-10(16-6-9(7)13)17-12(18)8-3-2-4-15-11(8)14/h2-6H,1H3,(H,16,17,18). The predicted molar refractivity (Wildman–Crippen MR) is 68.8 cm³/mol. The number of aryl methyl sites for hydroxylation is 1. The predicted octanol–water partition coefficient (Wildman–Crippen LogP) is 2.94. The molecule has 0 saturated carbocycles. The van der Waals surface area contributed by atoms with Crippen LogP contribution in [0.3, 0.4) is 0 Å². The number of pyridine rings is 2. The van der Waals surface area contributed by atoms with Crippen LogP contribution in [0.15, 0.2) is 35.1 Å². The summed E-state index contributed by atoms with van der Waals surface area (Å²) in [4.78, 5) is 19.2. The average molecular weight is 310 g/mol. The first-order chi connectivity index (χ1) is 8.58. The van der Waals surface area contributed by atoms with Crippen molar-refractivity contribution in [3.8, 4) is 0 Å². The Bertz CT molecular complexity index is 604. The molecule has 0 fully saturated rings. The molecule has 4 nitrogen and oxygen atoms in total. The minimum Gasteiger partial charge on any atom is -0.306 e. The molecule has 0 aromatic carbocycles. The molecule has 0 bridgehead atoms. The smallest absolute Gasteiger partial charge is 0.261 e. The molecule has 0 unspecified atom stereocenters. The Morgan fingerprint density at radius 2 is 2.22 bits per heavy atom. The van der Waals surface area contributed by atoms with Gasteiger partial charge in [0, 0.05) is 16.9 Å². The van der Waals surface area contributed by atoms with Crippen molar-refractivity contribution in [1.29, 1.82) is 0 Å². The second-order valence-corrected chi connectivity index (χ2v) is 4.47. The summed E-state index contributed by atoms with van der Waals surface area (Å²) < 4.78 is 14.1. The molecule has 2 heterocycles. The van der Waals surface area contributed by atoms with Gasteiger partial charge in [-0.05, 0) is 46.6 Å². The Kier molecular flexibility index (Phi) is 3.66. The minimum atomic E-state index is -0.802. The van der Waals surface area contributed by atoms with E-state index in [0.29, 0.717) is 5.82 Å². The number of carbonyl (C=O) groups is 1. The summed E-state index contributed by atoms with van der Waals surface area (Å²) in [5, 5.41) is 2.52. The minimum absolute atomic E-state index is 0.111. The third-order valence-corrected chi connectivity index (χ3v) is 3.12. The monoisotopic (exact) mass is 309 g/mol. The molecule has 0 aliphatic carbocycles. The number of nitrogens with one attached hydrogen (secondary N) is 1. The largest absolute Gasteiger partial charge is 0.306 e. The van der Waals surface area contributed by atoms with Crippen LogP contribution in [0.4, 0.5) is 10.2 Å². The van der Waals surface area contributed by atoms with Crippen LogP contribution in [-0.2, 0) is 0 Å². The van der Waals surface area contributed by atoms with E-state index in [2.05, 4.69) is 31.2 Å². The lowest BCUT2D eigenvalue weighted by Crippen LogP contribution is -2.15. The van der Waals surface area contributed by atoms with Crippen molar-refractivity contribution in [2.45, 2.75) is 6.92 Å². The third-order valence-electron chi connectivity index (χ3n) is 2.29. The lowest BCUT2D eigenvalue weighted by molar-refractivity contribution is 0.102. The van der Waals surface area contributed by atoms with Gasteiger partial charge in [0.05, 0.1) is 5.56 Å². The van der Waals surface area contributed by atoms with Crippen molar-refractivity contribution < 1.29 is 9.18 Å². The second-order valence-electron chi connectivity index (χ2n) is 3.61. The molecule has 0 aliphatic rings. The van der Waals surface area contributed by atoms with Crippen molar-refractivity contribution in [1.82, 2.24) is 9.97 Å². The summed E-state index contributed by atoms with van der Waals surface area (Å²) in [6.45, 7) is 1.87. The maximum atomic E-state index is 13.3. The van der Waals surface area contributed by atoms with Crippen molar-refractivity contribution in [2.24, 2.45) is 0 Å². The van der Waals surface area contributed by atoms with Gasteiger partial charge in [0.1, 0.15) is 5.82 Å². The van der Waals surface area contributed by atoms with Crippen LogP contribution >= 0.6 is 15.9 Å². The lowest BCUT2D eigenvalue weighted by Gasteiger charge is -2.06. The number of aromatic nitrogens is 2. The molecule has 0 aliphatic heterocycles. The molecule has 0 saturated heterocycles. The van der Waals surface area contributed by atoms with Gasteiger partial charge in [-0.3, -0.25) is 4.79 Å². The van der Waals surface area contributed by atoms with Crippen LogP contribution in [-0.4, -0.2) is 15.9 Å². The van der Waals surface area contributed by atoms with Crippen molar-refractivity contribution in [3.63, 3.8) is 0 Å². The van der Waals surface area contributed by atoms with Gasteiger partial charge < -0.3 is 5.32 Å². The first kappa shape index (κ1) is 12.6. The van der Waals surface area contributed by atoms with Crippen LogP contribution in [0.5, 0.6) is 0 Å². The number of hydrogen-bond acceptors (Lipinski definition) is 3. The van der Waals surface area contributed by atoms with E-state index in [1.807, 2.05) is 6.92 Å². The van der Waals surface area contributed by atoms with E-state index < -0.39 is 11.9 Å². The van der Waals surface area contributed by atoms with E-state index in [1.54, 1.807) is 12.3 Å². The highest BCUT2D eigenvalue weighted by molar-refractivity contribution is 9.10. The Hall–Kier alpha value is -1.82. The molecule has 1 N–H and O–H groups in total. The van der Waals surface area contributed by atoms with Gasteiger partial charge >= 0.3 is 0 Å². The molecule has 0 spiro atoms. The summed E-state index contributed by atoms with van der Waals surface area (Å²) >= 11 is 3.31. The molecular weight excluding hydrogens is 301 g/mol. The van der Waals surface area contributed by atoms with Gasteiger partial charge in [-0.25, -0.2) is 9.97 Å². The SMILES string of the molecule is Cc1cc(NC(=O)c2cccnc2F)ncc1Br. The van der Waals surface area contributed by atoms with Gasteiger partial charge in [-0.1, -0.05) is 0 Å². The van der Waals surface area contributed by atoms with Crippen LogP contribution in [0.1, 0.15) is 15.9 Å². The zero-order valence-electron chi connectivity index (χ0n) is 9.45. The summed E-state index contributed by atoms with van der Waals surface area (Å²) in [6, 6.07) is 4.55. The van der Waals surface area contributed by atoms with E-state index in [4.69, 9.17) is 0 Å². The fourth-order valence-corrected chi connectivity index (χ4v) is 1.56. The quantitative estimate of drug-likeness (QED) is 0.868. The molecule has 18 heavy (non-hydrogen) atoms. The number of rotatable bonds is 2. The van der Waals surface area contributed by atoms with Crippen LogP contribution < -0.4 is 5.32 Å². The van der Waals surface area contributed by atoms with E-state index in [1.165, 1.54) is 18.3 Å². The van der Waals surface area contributed by atoms with Crippen LogP contribution in [0.25, 0.3) is 0 Å². The maximum absolute atomic E-state index is 13.3. The Balaban J connectivity index is 2.22. The van der Waals surface area contributed by atoms with Gasteiger partial charge in [0.15, 0.2) is 0 Å². The topological polar surface area (TPSA) is 54.9 Å². The Morgan fingerprint density at radius 3 is 2.89 bits per heavy atom. The molecular formula is C12H9BrFN3O. The fourth-order valence-electron chi connectivity index (χ4n) is 1.35. The molecule has 2 aromatic rings. The third kappa shape index (κ3) is 2.70. The summed E-state index contributed by atoms with van der Waals surface area (Å²) in [7, 11) is 0. The van der Waals surface area contributed by atoms with E-state index in [-0.39, 0.29) is 5.56 Å². The number of nitrogens with zero attached hydrogens (tertiary/aromatic N) is 2. The molecule has 2 aromatic heterocycles. The van der Waals surface area contributed by atoms with Gasteiger partial charge in [-0.2, -0.15) is 4.39 Å². The molecule has 0 atom stereocenters. The van der Waals surface area contributed by atoms with E-state index in [9.17, 15) is 9.18 Å². The Labute approximate surface area is 111 Å². The molecule has 6 heteroatoms. The first-order valence-electron chi connectivity index (χ1n) is 5.12. The molecule has 0 radical (unpaired) electrons. The van der Waals surface area contributed by atoms with Crippen molar-refractivity contribution >= 4 is 27.7 Å². The first-order valence-corrected chi connectivity index (χ1v) is 5.91.